The van der Waals surface area contributed by atoms with Crippen LogP contribution in [0.5, 0.6) is 0 Å². The molecule has 1 fully saturated rings. The Morgan fingerprint density at radius 2 is 1.90 bits per heavy atom. The zero-order valence-electron chi connectivity index (χ0n) is 10.8. The molecule has 0 aromatic heterocycles. The standard InChI is InChI=1S/C13H15ClO5S/c1-2-20(18,19)11-10(13(11,7-15)12(16)17)8-3-5-9(14)6-4-8/h3-6,10-11,15H,2,7H2,1H3,(H,16,17)/t10-,11+,13-/m1/s1. The summed E-state index contributed by atoms with van der Waals surface area (Å²) in [5.74, 6) is -2.19. The first kappa shape index (κ1) is 15.3. The fraction of sp³-hybridized carbons (Fsp3) is 0.462. The molecule has 1 aromatic rings. The molecule has 7 heteroatoms. The van der Waals surface area contributed by atoms with Gasteiger partial charge in [-0.3, -0.25) is 4.79 Å². The quantitative estimate of drug-likeness (QED) is 0.854. The van der Waals surface area contributed by atoms with E-state index in [2.05, 4.69) is 0 Å². The van der Waals surface area contributed by atoms with Crippen molar-refractivity contribution in [3.8, 4) is 0 Å². The minimum absolute atomic E-state index is 0.156. The van der Waals surface area contributed by atoms with Gasteiger partial charge in [-0.1, -0.05) is 30.7 Å². The summed E-state index contributed by atoms with van der Waals surface area (Å²) in [5.41, 5.74) is -1.09. The van der Waals surface area contributed by atoms with E-state index < -0.39 is 39.0 Å². The van der Waals surface area contributed by atoms with Crippen molar-refractivity contribution in [1.29, 1.82) is 0 Å². The molecule has 1 aliphatic rings. The number of aliphatic hydroxyl groups is 1. The van der Waals surface area contributed by atoms with Crippen molar-refractivity contribution in [3.05, 3.63) is 34.9 Å². The fourth-order valence-electron chi connectivity index (χ4n) is 2.77. The number of hydrogen-bond acceptors (Lipinski definition) is 4. The lowest BCUT2D eigenvalue weighted by atomic mass is 10.0. The number of carboxylic acids is 1. The molecule has 0 heterocycles. The Balaban J connectivity index is 2.50. The molecule has 2 N–H and O–H groups in total. The molecule has 1 aromatic carbocycles. The van der Waals surface area contributed by atoms with Crippen LogP contribution in [0, 0.1) is 5.41 Å². The van der Waals surface area contributed by atoms with Crippen molar-refractivity contribution in [2.24, 2.45) is 5.41 Å². The summed E-state index contributed by atoms with van der Waals surface area (Å²) >= 11 is 5.77. The number of sulfone groups is 1. The normalized spacial score (nSPS) is 29.1. The monoisotopic (exact) mass is 318 g/mol. The van der Waals surface area contributed by atoms with Gasteiger partial charge in [0.2, 0.25) is 0 Å². The van der Waals surface area contributed by atoms with Crippen LogP contribution >= 0.6 is 11.6 Å². The second-order valence-corrected chi connectivity index (χ2v) is 7.75. The average molecular weight is 319 g/mol. The zero-order valence-corrected chi connectivity index (χ0v) is 12.4. The van der Waals surface area contributed by atoms with Crippen molar-refractivity contribution in [3.63, 3.8) is 0 Å². The van der Waals surface area contributed by atoms with E-state index >= 15 is 0 Å². The van der Waals surface area contributed by atoms with E-state index in [0.717, 1.165) is 0 Å². The van der Waals surface area contributed by atoms with Crippen LogP contribution in [0.4, 0.5) is 0 Å². The first-order chi connectivity index (χ1) is 9.31. The van der Waals surface area contributed by atoms with E-state index in [1.165, 1.54) is 6.92 Å². The van der Waals surface area contributed by atoms with Crippen molar-refractivity contribution in [2.45, 2.75) is 18.1 Å². The van der Waals surface area contributed by atoms with Crippen molar-refractivity contribution in [1.82, 2.24) is 0 Å². The fourth-order valence-corrected chi connectivity index (χ4v) is 4.95. The molecule has 1 saturated carbocycles. The van der Waals surface area contributed by atoms with Gasteiger partial charge in [-0.2, -0.15) is 0 Å². The van der Waals surface area contributed by atoms with Gasteiger partial charge in [-0.05, 0) is 17.7 Å². The summed E-state index contributed by atoms with van der Waals surface area (Å²) in [7, 11) is -3.57. The Hall–Kier alpha value is -1.11. The Bertz CT molecular complexity index is 625. The maximum absolute atomic E-state index is 12.1. The Labute approximate surface area is 122 Å². The highest BCUT2D eigenvalue weighted by Gasteiger charge is 2.75. The van der Waals surface area contributed by atoms with Gasteiger partial charge in [0.15, 0.2) is 9.84 Å². The molecule has 0 spiro atoms. The number of halogens is 1. The van der Waals surface area contributed by atoms with Gasteiger partial charge in [0.25, 0.3) is 0 Å². The van der Waals surface area contributed by atoms with Crippen LogP contribution in [0.2, 0.25) is 5.02 Å². The molecular weight excluding hydrogens is 304 g/mol. The Kier molecular flexibility index (Phi) is 3.83. The SMILES string of the molecule is CCS(=O)(=O)[C@H]1[C@@H](c2ccc(Cl)cc2)[C@@]1(CO)C(=O)O. The van der Waals surface area contributed by atoms with Gasteiger partial charge >= 0.3 is 5.97 Å². The number of benzene rings is 1. The number of rotatable bonds is 5. The van der Waals surface area contributed by atoms with E-state index in [4.69, 9.17) is 11.6 Å². The summed E-state index contributed by atoms with van der Waals surface area (Å²) < 4.78 is 24.2. The van der Waals surface area contributed by atoms with Gasteiger partial charge < -0.3 is 10.2 Å². The summed E-state index contributed by atoms with van der Waals surface area (Å²) in [6.07, 6.45) is 0. The number of carboxylic acid groups (broad SMARTS) is 1. The van der Waals surface area contributed by atoms with Gasteiger partial charge in [-0.25, -0.2) is 8.42 Å². The van der Waals surface area contributed by atoms with Crippen molar-refractivity contribution < 1.29 is 23.4 Å². The second-order valence-electron chi connectivity index (χ2n) is 4.90. The molecule has 0 aliphatic heterocycles. The third kappa shape index (κ3) is 2.12. The van der Waals surface area contributed by atoms with Crippen LogP contribution in [0.25, 0.3) is 0 Å². The zero-order chi connectivity index (χ0) is 15.1. The van der Waals surface area contributed by atoms with Crippen molar-refractivity contribution >= 4 is 27.4 Å². The lowest BCUT2D eigenvalue weighted by Gasteiger charge is -2.08. The predicted molar refractivity (Wildman–Crippen MR) is 74.6 cm³/mol. The highest BCUT2D eigenvalue weighted by molar-refractivity contribution is 7.92. The molecule has 0 amide bonds. The smallest absolute Gasteiger partial charge is 0.314 e. The van der Waals surface area contributed by atoms with Gasteiger partial charge in [0.1, 0.15) is 5.41 Å². The van der Waals surface area contributed by atoms with Crippen molar-refractivity contribution in [2.75, 3.05) is 12.4 Å². The largest absolute Gasteiger partial charge is 0.481 e. The molecule has 20 heavy (non-hydrogen) atoms. The van der Waals surface area contributed by atoms with Crippen LogP contribution in [-0.2, 0) is 14.6 Å². The van der Waals surface area contributed by atoms with Crippen LogP contribution in [0.3, 0.4) is 0 Å². The van der Waals surface area contributed by atoms with E-state index in [1.54, 1.807) is 24.3 Å². The van der Waals surface area contributed by atoms with E-state index in [1.807, 2.05) is 0 Å². The third-order valence-electron chi connectivity index (χ3n) is 3.93. The summed E-state index contributed by atoms with van der Waals surface area (Å²) in [4.78, 5) is 11.5. The maximum Gasteiger partial charge on any atom is 0.314 e. The highest BCUT2D eigenvalue weighted by Crippen LogP contribution is 2.63. The van der Waals surface area contributed by atoms with Gasteiger partial charge in [0, 0.05) is 16.7 Å². The van der Waals surface area contributed by atoms with Gasteiger partial charge in [0.05, 0.1) is 11.9 Å². The van der Waals surface area contributed by atoms with Gasteiger partial charge in [-0.15, -0.1) is 0 Å². The molecule has 0 saturated heterocycles. The molecule has 0 unspecified atom stereocenters. The summed E-state index contributed by atoms with van der Waals surface area (Å²) in [5, 5.41) is 18.2. The Morgan fingerprint density at radius 1 is 1.35 bits per heavy atom. The Morgan fingerprint density at radius 3 is 2.30 bits per heavy atom. The number of carbonyl (C=O) groups is 1. The molecule has 110 valence electrons. The first-order valence-electron chi connectivity index (χ1n) is 6.12. The minimum atomic E-state index is -3.57. The third-order valence-corrected chi connectivity index (χ3v) is 6.46. The lowest BCUT2D eigenvalue weighted by molar-refractivity contribution is -0.145. The topological polar surface area (TPSA) is 91.7 Å². The molecular formula is C13H15ClO5S. The molecule has 0 radical (unpaired) electrons. The summed E-state index contributed by atoms with van der Waals surface area (Å²) in [6.45, 7) is 0.760. The minimum Gasteiger partial charge on any atom is -0.481 e. The molecule has 5 nitrogen and oxygen atoms in total. The van der Waals surface area contributed by atoms with Crippen LogP contribution < -0.4 is 0 Å². The van der Waals surface area contributed by atoms with E-state index in [-0.39, 0.29) is 5.75 Å². The van der Waals surface area contributed by atoms with Crippen LogP contribution in [0.15, 0.2) is 24.3 Å². The predicted octanol–water partition coefficient (Wildman–Crippen LogP) is 1.30. The summed E-state index contributed by atoms with van der Waals surface area (Å²) in [6, 6.07) is 6.36. The molecule has 3 atom stereocenters. The molecule has 2 rings (SSSR count). The van der Waals surface area contributed by atoms with Crippen LogP contribution in [0.1, 0.15) is 18.4 Å². The molecule has 1 aliphatic carbocycles. The maximum atomic E-state index is 12.1. The highest BCUT2D eigenvalue weighted by atomic mass is 35.5. The number of aliphatic hydroxyl groups excluding tert-OH is 1. The number of aliphatic carboxylic acids is 1. The lowest BCUT2D eigenvalue weighted by Crippen LogP contribution is -2.28. The van der Waals surface area contributed by atoms with E-state index in [0.29, 0.717) is 10.6 Å². The number of hydrogen-bond donors (Lipinski definition) is 2. The first-order valence-corrected chi connectivity index (χ1v) is 8.22. The van der Waals surface area contributed by atoms with Crippen LogP contribution in [-0.4, -0.2) is 42.2 Å². The second kappa shape index (κ2) is 5.02. The molecule has 0 bridgehead atoms. The average Bonchev–Trinajstić information content (AvgIpc) is 3.11. The van der Waals surface area contributed by atoms with E-state index in [9.17, 15) is 23.4 Å².